The summed E-state index contributed by atoms with van der Waals surface area (Å²) in [6.45, 7) is 5.32. The summed E-state index contributed by atoms with van der Waals surface area (Å²) in [7, 11) is 0. The monoisotopic (exact) mass is 252 g/mol. The molecule has 0 saturated heterocycles. The van der Waals surface area contributed by atoms with Crippen molar-refractivity contribution in [1.29, 1.82) is 0 Å². The maximum absolute atomic E-state index is 12.7. The van der Waals surface area contributed by atoms with E-state index in [1.807, 2.05) is 6.92 Å². The molecule has 1 unspecified atom stereocenters. The molecule has 0 aliphatic rings. The van der Waals surface area contributed by atoms with E-state index in [1.165, 1.54) is 12.1 Å². The third-order valence-electron chi connectivity index (χ3n) is 2.72. The molecule has 3 nitrogen and oxygen atoms in total. The smallest absolute Gasteiger partial charge is 0.236 e. The molecule has 0 radical (unpaired) electrons. The average molecular weight is 252 g/mol. The van der Waals surface area contributed by atoms with Crippen molar-refractivity contribution in [3.05, 3.63) is 35.6 Å². The molecular weight excluding hydrogens is 231 g/mol. The summed E-state index contributed by atoms with van der Waals surface area (Å²) in [5, 5.41) is 5.99. The van der Waals surface area contributed by atoms with Crippen LogP contribution in [-0.2, 0) is 11.2 Å². The van der Waals surface area contributed by atoms with Crippen molar-refractivity contribution in [3.63, 3.8) is 0 Å². The Balaban J connectivity index is 2.24. The van der Waals surface area contributed by atoms with Crippen LogP contribution in [0.3, 0.4) is 0 Å². The maximum atomic E-state index is 12.7. The molecule has 1 aromatic carbocycles. The highest BCUT2D eigenvalue weighted by Gasteiger charge is 2.10. The molecule has 0 aromatic heterocycles. The van der Waals surface area contributed by atoms with Crippen LogP contribution in [0.15, 0.2) is 24.3 Å². The standard InChI is InChI=1S/C14H21FN2O/c1-3-9-16-11(2)14(18)17-10-8-12-4-6-13(15)7-5-12/h4-7,11,16H,3,8-10H2,1-2H3,(H,17,18). The Labute approximate surface area is 108 Å². The van der Waals surface area contributed by atoms with Gasteiger partial charge in [0.1, 0.15) is 5.82 Å². The van der Waals surface area contributed by atoms with E-state index in [2.05, 4.69) is 17.6 Å². The Morgan fingerprint density at radius 1 is 1.28 bits per heavy atom. The van der Waals surface area contributed by atoms with Crippen LogP contribution in [0.2, 0.25) is 0 Å². The predicted octanol–water partition coefficient (Wildman–Crippen LogP) is 1.87. The highest BCUT2D eigenvalue weighted by molar-refractivity contribution is 5.81. The quantitative estimate of drug-likeness (QED) is 0.778. The van der Waals surface area contributed by atoms with Crippen molar-refractivity contribution >= 4 is 5.91 Å². The van der Waals surface area contributed by atoms with E-state index in [-0.39, 0.29) is 17.8 Å². The van der Waals surface area contributed by atoms with E-state index in [4.69, 9.17) is 0 Å². The number of carbonyl (C=O) groups excluding carboxylic acids is 1. The van der Waals surface area contributed by atoms with Crippen LogP contribution in [0.4, 0.5) is 4.39 Å². The average Bonchev–Trinajstić information content (AvgIpc) is 2.38. The van der Waals surface area contributed by atoms with Gasteiger partial charge in [0.25, 0.3) is 0 Å². The lowest BCUT2D eigenvalue weighted by Gasteiger charge is -2.13. The van der Waals surface area contributed by atoms with Gasteiger partial charge in [-0.25, -0.2) is 4.39 Å². The van der Waals surface area contributed by atoms with Gasteiger partial charge in [-0.15, -0.1) is 0 Å². The van der Waals surface area contributed by atoms with Crippen LogP contribution in [0.25, 0.3) is 0 Å². The van der Waals surface area contributed by atoms with Crippen LogP contribution >= 0.6 is 0 Å². The van der Waals surface area contributed by atoms with Gasteiger partial charge >= 0.3 is 0 Å². The minimum Gasteiger partial charge on any atom is -0.354 e. The van der Waals surface area contributed by atoms with E-state index in [0.717, 1.165) is 18.5 Å². The summed E-state index contributed by atoms with van der Waals surface area (Å²) in [6.07, 6.45) is 1.72. The van der Waals surface area contributed by atoms with Crippen molar-refractivity contribution in [2.24, 2.45) is 0 Å². The van der Waals surface area contributed by atoms with E-state index in [9.17, 15) is 9.18 Å². The molecule has 18 heavy (non-hydrogen) atoms. The van der Waals surface area contributed by atoms with Gasteiger partial charge in [-0.3, -0.25) is 4.79 Å². The molecule has 4 heteroatoms. The minimum atomic E-state index is -0.236. The molecule has 100 valence electrons. The highest BCUT2D eigenvalue weighted by atomic mass is 19.1. The topological polar surface area (TPSA) is 41.1 Å². The summed E-state index contributed by atoms with van der Waals surface area (Å²) in [5.74, 6) is -0.231. The molecule has 1 atom stereocenters. The van der Waals surface area contributed by atoms with Crippen LogP contribution in [0.5, 0.6) is 0 Å². The first-order valence-electron chi connectivity index (χ1n) is 6.39. The molecule has 0 heterocycles. The van der Waals surface area contributed by atoms with Gasteiger partial charge in [-0.2, -0.15) is 0 Å². The molecule has 1 amide bonds. The maximum Gasteiger partial charge on any atom is 0.236 e. The van der Waals surface area contributed by atoms with Crippen molar-refractivity contribution < 1.29 is 9.18 Å². The highest BCUT2D eigenvalue weighted by Crippen LogP contribution is 2.02. The summed E-state index contributed by atoms with van der Waals surface area (Å²) >= 11 is 0. The molecule has 1 rings (SSSR count). The first-order valence-corrected chi connectivity index (χ1v) is 6.39. The molecule has 2 N–H and O–H groups in total. The van der Waals surface area contributed by atoms with Crippen LogP contribution < -0.4 is 10.6 Å². The van der Waals surface area contributed by atoms with Crippen molar-refractivity contribution in [3.8, 4) is 0 Å². The lowest BCUT2D eigenvalue weighted by Crippen LogP contribution is -2.43. The Kier molecular flexibility index (Phi) is 6.36. The fourth-order valence-electron chi connectivity index (χ4n) is 1.59. The summed E-state index contributed by atoms with van der Waals surface area (Å²) in [4.78, 5) is 11.7. The van der Waals surface area contributed by atoms with Crippen LogP contribution in [0, 0.1) is 5.82 Å². The summed E-state index contributed by atoms with van der Waals surface area (Å²) in [6, 6.07) is 6.17. The lowest BCUT2D eigenvalue weighted by atomic mass is 10.1. The zero-order valence-corrected chi connectivity index (χ0v) is 11.0. The molecule has 0 saturated carbocycles. The number of halogens is 1. The molecule has 0 aliphatic heterocycles. The first-order chi connectivity index (χ1) is 8.63. The zero-order valence-electron chi connectivity index (χ0n) is 11.0. The van der Waals surface area contributed by atoms with Gasteiger partial charge in [-0.1, -0.05) is 19.1 Å². The third-order valence-corrected chi connectivity index (χ3v) is 2.72. The Morgan fingerprint density at radius 3 is 2.56 bits per heavy atom. The molecule has 0 bridgehead atoms. The fourth-order valence-corrected chi connectivity index (χ4v) is 1.59. The number of hydrogen-bond acceptors (Lipinski definition) is 2. The van der Waals surface area contributed by atoms with Gasteiger partial charge in [-0.05, 0) is 44.0 Å². The Hall–Kier alpha value is -1.42. The first kappa shape index (κ1) is 14.6. The second-order valence-corrected chi connectivity index (χ2v) is 4.34. The van der Waals surface area contributed by atoms with E-state index >= 15 is 0 Å². The van der Waals surface area contributed by atoms with Crippen molar-refractivity contribution in [2.45, 2.75) is 32.7 Å². The summed E-state index contributed by atoms with van der Waals surface area (Å²) in [5.41, 5.74) is 1.02. The van der Waals surface area contributed by atoms with E-state index in [1.54, 1.807) is 12.1 Å². The molecule has 1 aromatic rings. The number of nitrogens with one attached hydrogen (secondary N) is 2. The fraction of sp³-hybridized carbons (Fsp3) is 0.500. The van der Waals surface area contributed by atoms with Crippen LogP contribution in [0.1, 0.15) is 25.8 Å². The number of carbonyl (C=O) groups is 1. The molecular formula is C14H21FN2O. The van der Waals surface area contributed by atoms with Crippen LogP contribution in [-0.4, -0.2) is 25.0 Å². The van der Waals surface area contributed by atoms with Crippen molar-refractivity contribution in [2.75, 3.05) is 13.1 Å². The van der Waals surface area contributed by atoms with Crippen molar-refractivity contribution in [1.82, 2.24) is 10.6 Å². The SMILES string of the molecule is CCCNC(C)C(=O)NCCc1ccc(F)cc1. The summed E-state index contributed by atoms with van der Waals surface area (Å²) < 4.78 is 12.7. The van der Waals surface area contributed by atoms with E-state index < -0.39 is 0 Å². The Bertz CT molecular complexity index is 365. The third kappa shape index (κ3) is 5.27. The number of hydrogen-bond donors (Lipinski definition) is 2. The number of amides is 1. The van der Waals surface area contributed by atoms with Gasteiger partial charge < -0.3 is 10.6 Å². The zero-order chi connectivity index (χ0) is 13.4. The molecule has 0 spiro atoms. The largest absolute Gasteiger partial charge is 0.354 e. The van der Waals surface area contributed by atoms with E-state index in [0.29, 0.717) is 13.0 Å². The molecule has 0 aliphatic carbocycles. The minimum absolute atomic E-state index is 0.00515. The molecule has 0 fully saturated rings. The predicted molar refractivity (Wildman–Crippen MR) is 70.9 cm³/mol. The normalized spacial score (nSPS) is 12.2. The van der Waals surface area contributed by atoms with Gasteiger partial charge in [0, 0.05) is 6.54 Å². The Morgan fingerprint density at radius 2 is 1.94 bits per heavy atom. The van der Waals surface area contributed by atoms with Gasteiger partial charge in [0.05, 0.1) is 6.04 Å². The van der Waals surface area contributed by atoms with Gasteiger partial charge in [0.2, 0.25) is 5.91 Å². The second kappa shape index (κ2) is 7.82. The second-order valence-electron chi connectivity index (χ2n) is 4.34. The number of benzene rings is 1. The number of rotatable bonds is 7. The van der Waals surface area contributed by atoms with Gasteiger partial charge in [0.15, 0.2) is 0 Å². The lowest BCUT2D eigenvalue weighted by molar-refractivity contribution is -0.122.